The first-order valence-electron chi connectivity index (χ1n) is 11.2. The highest BCUT2D eigenvalue weighted by Gasteiger charge is 2.41. The van der Waals surface area contributed by atoms with Crippen LogP contribution in [0.1, 0.15) is 56.6 Å². The number of nitrogens with zero attached hydrogens (tertiary/aromatic N) is 3. The van der Waals surface area contributed by atoms with E-state index in [0.717, 1.165) is 4.90 Å². The molecule has 1 amide bonds. The molecular weight excluding hydrogens is 716 g/mol. The van der Waals surface area contributed by atoms with E-state index in [1.165, 1.54) is 43.7 Å². The van der Waals surface area contributed by atoms with Crippen molar-refractivity contribution in [2.45, 2.75) is 63.4 Å². The molecule has 2 rings (SSSR count). The molecule has 0 aromatic carbocycles. The Kier molecular flexibility index (Phi) is 13.5. The minimum absolute atomic E-state index is 0.0206. The third kappa shape index (κ3) is 12.6. The van der Waals surface area contributed by atoms with Gasteiger partial charge in [-0.3, -0.25) is 0 Å². The monoisotopic (exact) mass is 741 g/mol. The number of amides is 1. The molecule has 0 saturated carbocycles. The number of alkyl halides is 7. The highest BCUT2D eigenvalue weighted by Crippen LogP contribution is 2.38. The largest absolute Gasteiger partial charge is 0.444 e. The van der Waals surface area contributed by atoms with Crippen molar-refractivity contribution < 1.29 is 35.9 Å². The zero-order valence-electron chi connectivity index (χ0n) is 21.0. The van der Waals surface area contributed by atoms with Gasteiger partial charge in [-0.05, 0) is 88.7 Å². The zero-order chi connectivity index (χ0) is 29.3. The molecule has 2 aromatic rings. The van der Waals surface area contributed by atoms with Crippen molar-refractivity contribution in [2.75, 3.05) is 18.9 Å². The topological polar surface area (TPSA) is 55.3 Å². The maximum Gasteiger partial charge on any atom is 0.410 e. The van der Waals surface area contributed by atoms with E-state index in [2.05, 4.69) is 57.8 Å². The van der Waals surface area contributed by atoms with Gasteiger partial charge < -0.3 is 9.64 Å². The van der Waals surface area contributed by atoms with Gasteiger partial charge in [-0.1, -0.05) is 28.1 Å². The fourth-order valence-electron chi connectivity index (χ4n) is 3.09. The van der Waals surface area contributed by atoms with Gasteiger partial charge in [0.05, 0.1) is 11.8 Å². The van der Waals surface area contributed by atoms with E-state index in [1.54, 1.807) is 20.8 Å². The van der Waals surface area contributed by atoms with Crippen LogP contribution in [0.5, 0.6) is 0 Å². The normalized spacial score (nSPS) is 13.7. The SMILES string of the molecule is CN(CCC(c1ccc(Br)nc1)C(F)(F)F)C(=O)OC(C)(C)C.FC(F)(F)C(CCBr)c1ccc(Br)nc1. The Hall–Kier alpha value is -1.41. The van der Waals surface area contributed by atoms with Crippen LogP contribution < -0.4 is 0 Å². The molecule has 2 heterocycles. The molecule has 2 aromatic heterocycles. The van der Waals surface area contributed by atoms with Gasteiger partial charge in [0.15, 0.2) is 0 Å². The van der Waals surface area contributed by atoms with Crippen molar-refractivity contribution >= 4 is 53.9 Å². The molecule has 38 heavy (non-hydrogen) atoms. The van der Waals surface area contributed by atoms with Gasteiger partial charge in [-0.2, -0.15) is 26.3 Å². The van der Waals surface area contributed by atoms with Crippen LogP contribution in [-0.2, 0) is 4.74 Å². The summed E-state index contributed by atoms with van der Waals surface area (Å²) in [6, 6.07) is 5.80. The van der Waals surface area contributed by atoms with E-state index in [1.807, 2.05) is 0 Å². The quantitative estimate of drug-likeness (QED) is 0.162. The van der Waals surface area contributed by atoms with Crippen molar-refractivity contribution in [2.24, 2.45) is 0 Å². The second kappa shape index (κ2) is 14.8. The van der Waals surface area contributed by atoms with Gasteiger partial charge in [0.2, 0.25) is 0 Å². The summed E-state index contributed by atoms with van der Waals surface area (Å²) in [7, 11) is 1.42. The number of hydrogen-bond acceptors (Lipinski definition) is 4. The predicted molar refractivity (Wildman–Crippen MR) is 143 cm³/mol. The third-order valence-corrected chi connectivity index (χ3v) is 6.35. The van der Waals surface area contributed by atoms with Crippen molar-refractivity contribution in [1.82, 2.24) is 14.9 Å². The number of carbonyl (C=O) groups excluding carboxylic acids is 1. The van der Waals surface area contributed by atoms with Crippen LogP contribution in [0, 0.1) is 0 Å². The first-order valence-corrected chi connectivity index (χ1v) is 13.9. The van der Waals surface area contributed by atoms with Crippen LogP contribution in [0.25, 0.3) is 0 Å². The van der Waals surface area contributed by atoms with Gasteiger partial charge in [0.1, 0.15) is 14.8 Å². The maximum atomic E-state index is 13.3. The lowest BCUT2D eigenvalue weighted by atomic mass is 9.96. The molecule has 2 atom stereocenters. The number of halogens is 9. The Bertz CT molecular complexity index is 998. The highest BCUT2D eigenvalue weighted by molar-refractivity contribution is 9.10. The van der Waals surface area contributed by atoms with E-state index >= 15 is 0 Å². The Morgan fingerprint density at radius 2 is 1.29 bits per heavy atom. The molecule has 0 radical (unpaired) electrons. The van der Waals surface area contributed by atoms with Crippen LogP contribution in [-0.4, -0.2) is 57.8 Å². The van der Waals surface area contributed by atoms with Crippen LogP contribution in [0.3, 0.4) is 0 Å². The second-order valence-corrected chi connectivity index (χ2v) is 11.6. The van der Waals surface area contributed by atoms with Crippen LogP contribution in [0.2, 0.25) is 0 Å². The van der Waals surface area contributed by atoms with Crippen molar-refractivity contribution in [3.05, 3.63) is 57.0 Å². The number of rotatable bonds is 7. The summed E-state index contributed by atoms with van der Waals surface area (Å²) >= 11 is 9.20. The molecular formula is C24H28Br3F6N3O2. The first-order chi connectivity index (χ1) is 17.3. The van der Waals surface area contributed by atoms with Gasteiger partial charge in [-0.15, -0.1) is 0 Å². The van der Waals surface area contributed by atoms with Gasteiger partial charge in [-0.25, -0.2) is 14.8 Å². The summed E-state index contributed by atoms with van der Waals surface area (Å²) in [6.07, 6.45) is -7.07. The maximum absolute atomic E-state index is 13.3. The van der Waals surface area contributed by atoms with Crippen molar-refractivity contribution in [3.8, 4) is 0 Å². The Morgan fingerprint density at radius 3 is 1.61 bits per heavy atom. The van der Waals surface area contributed by atoms with Crippen LogP contribution in [0.15, 0.2) is 45.9 Å². The number of pyridine rings is 2. The van der Waals surface area contributed by atoms with E-state index in [-0.39, 0.29) is 30.5 Å². The van der Waals surface area contributed by atoms with Gasteiger partial charge >= 0.3 is 18.4 Å². The molecule has 214 valence electrons. The summed E-state index contributed by atoms with van der Waals surface area (Å²) in [5.41, 5.74) is -0.423. The minimum atomic E-state index is -4.41. The Labute approximate surface area is 243 Å². The van der Waals surface area contributed by atoms with Crippen molar-refractivity contribution in [1.29, 1.82) is 0 Å². The third-order valence-electron chi connectivity index (χ3n) is 4.95. The number of hydrogen-bond donors (Lipinski definition) is 0. The standard InChI is InChI=1S/C15H20BrF3N2O2.C9H8Br2F3N/c1-14(2,3)23-13(22)21(4)8-7-11(15(17,18)19)10-5-6-12(16)20-9-10;10-4-3-7(9(12,13)14)6-1-2-8(11)15-5-6/h5-6,9,11H,7-8H2,1-4H3;1-2,5,7H,3-4H2. The fourth-order valence-corrected chi connectivity index (χ4v) is 4.02. The minimum Gasteiger partial charge on any atom is -0.444 e. The molecule has 0 aliphatic heterocycles. The number of aromatic nitrogens is 2. The molecule has 14 heteroatoms. The molecule has 5 nitrogen and oxygen atoms in total. The Morgan fingerprint density at radius 1 is 0.868 bits per heavy atom. The van der Waals surface area contributed by atoms with Crippen LogP contribution in [0.4, 0.5) is 31.1 Å². The smallest absolute Gasteiger partial charge is 0.410 e. The van der Waals surface area contributed by atoms with Gasteiger partial charge in [0.25, 0.3) is 0 Å². The van der Waals surface area contributed by atoms with Gasteiger partial charge in [0, 0.05) is 31.3 Å². The Balaban J connectivity index is 0.000000415. The number of ether oxygens (including phenoxy) is 1. The summed E-state index contributed by atoms with van der Waals surface area (Å²) in [4.78, 5) is 20.6. The molecule has 0 aliphatic rings. The van der Waals surface area contributed by atoms with Crippen LogP contribution >= 0.6 is 47.8 Å². The average Bonchev–Trinajstić information content (AvgIpc) is 2.77. The summed E-state index contributed by atoms with van der Waals surface area (Å²) in [6.45, 7) is 5.02. The molecule has 0 spiro atoms. The summed E-state index contributed by atoms with van der Waals surface area (Å²) in [5.74, 6) is -3.13. The second-order valence-electron chi connectivity index (χ2n) is 9.19. The molecule has 2 unspecified atom stereocenters. The highest BCUT2D eigenvalue weighted by atomic mass is 79.9. The van der Waals surface area contributed by atoms with E-state index in [9.17, 15) is 31.1 Å². The predicted octanol–water partition coefficient (Wildman–Crippen LogP) is 9.02. The lowest BCUT2D eigenvalue weighted by Gasteiger charge is -2.27. The fraction of sp³-hybridized carbons (Fsp3) is 0.542. The van der Waals surface area contributed by atoms with Crippen molar-refractivity contribution in [3.63, 3.8) is 0 Å². The van der Waals surface area contributed by atoms with E-state index < -0.39 is 35.9 Å². The molecule has 0 N–H and O–H groups in total. The lowest BCUT2D eigenvalue weighted by Crippen LogP contribution is -2.36. The van der Waals surface area contributed by atoms with E-state index in [0.29, 0.717) is 14.5 Å². The summed E-state index contributed by atoms with van der Waals surface area (Å²) in [5, 5.41) is 0.313. The number of carbonyl (C=O) groups is 1. The average molecular weight is 744 g/mol. The lowest BCUT2D eigenvalue weighted by molar-refractivity contribution is -0.152. The molecule has 0 aliphatic carbocycles. The summed E-state index contributed by atoms with van der Waals surface area (Å²) < 4.78 is 83.8. The molecule has 0 fully saturated rings. The zero-order valence-corrected chi connectivity index (χ0v) is 25.8. The molecule has 0 bridgehead atoms. The molecule has 0 saturated heterocycles. The first kappa shape index (κ1) is 34.6. The van der Waals surface area contributed by atoms with E-state index in [4.69, 9.17) is 4.74 Å².